The number of ether oxygens (including phenoxy) is 2. The first-order chi connectivity index (χ1) is 11.8. The van der Waals surface area contributed by atoms with Crippen LogP contribution < -0.4 is 4.90 Å². The molecule has 130 valence electrons. The molecular formula is C18H16BrNO5. The lowest BCUT2D eigenvalue weighted by Gasteiger charge is -2.28. The van der Waals surface area contributed by atoms with Gasteiger partial charge in [0.05, 0.1) is 23.6 Å². The van der Waals surface area contributed by atoms with Crippen molar-refractivity contribution >= 4 is 39.4 Å². The fraction of sp³-hybridized carbons (Fsp3) is 0.389. The van der Waals surface area contributed by atoms with Gasteiger partial charge in [-0.05, 0) is 36.8 Å². The first kappa shape index (κ1) is 16.5. The summed E-state index contributed by atoms with van der Waals surface area (Å²) in [5.74, 6) is -2.27. The van der Waals surface area contributed by atoms with Gasteiger partial charge in [0.2, 0.25) is 11.8 Å². The first-order valence-corrected chi connectivity index (χ1v) is 8.78. The van der Waals surface area contributed by atoms with Crippen LogP contribution >= 0.6 is 15.9 Å². The van der Waals surface area contributed by atoms with E-state index < -0.39 is 29.5 Å². The van der Waals surface area contributed by atoms with E-state index in [0.29, 0.717) is 5.69 Å². The Morgan fingerprint density at radius 1 is 1.36 bits per heavy atom. The van der Waals surface area contributed by atoms with Gasteiger partial charge >= 0.3 is 5.97 Å². The van der Waals surface area contributed by atoms with Gasteiger partial charge in [0.1, 0.15) is 12.2 Å². The van der Waals surface area contributed by atoms with Gasteiger partial charge in [-0.15, -0.1) is 0 Å². The highest BCUT2D eigenvalue weighted by atomic mass is 79.9. The number of fused-ring (bicyclic) bond motifs is 5. The number of anilines is 1. The quantitative estimate of drug-likeness (QED) is 0.437. The highest BCUT2D eigenvalue weighted by Crippen LogP contribution is 2.52. The van der Waals surface area contributed by atoms with Crippen molar-refractivity contribution in [2.45, 2.75) is 25.6 Å². The Labute approximate surface area is 152 Å². The second-order valence-electron chi connectivity index (χ2n) is 6.63. The van der Waals surface area contributed by atoms with Crippen molar-refractivity contribution in [1.82, 2.24) is 0 Å². The fourth-order valence-electron chi connectivity index (χ4n) is 3.90. The number of halogens is 1. The molecule has 0 radical (unpaired) electrons. The van der Waals surface area contributed by atoms with E-state index in [0.717, 1.165) is 10.0 Å². The molecule has 25 heavy (non-hydrogen) atoms. The van der Waals surface area contributed by atoms with E-state index in [4.69, 9.17) is 9.47 Å². The van der Waals surface area contributed by atoms with Crippen LogP contribution in [0.3, 0.4) is 0 Å². The molecule has 0 unspecified atom stereocenters. The summed E-state index contributed by atoms with van der Waals surface area (Å²) < 4.78 is 11.9. The van der Waals surface area contributed by atoms with Crippen molar-refractivity contribution in [1.29, 1.82) is 0 Å². The summed E-state index contributed by atoms with van der Waals surface area (Å²) in [5.41, 5.74) is 0.432. The number of rotatable bonds is 3. The van der Waals surface area contributed by atoms with Crippen molar-refractivity contribution in [2.24, 2.45) is 11.8 Å². The van der Waals surface area contributed by atoms with E-state index in [2.05, 4.69) is 15.9 Å². The third-order valence-corrected chi connectivity index (χ3v) is 5.95. The summed E-state index contributed by atoms with van der Waals surface area (Å²) in [4.78, 5) is 38.4. The zero-order chi connectivity index (χ0) is 17.9. The molecule has 2 fully saturated rings. The zero-order valence-corrected chi connectivity index (χ0v) is 15.3. The molecule has 7 heteroatoms. The largest absolute Gasteiger partial charge is 0.462 e. The molecule has 0 saturated carbocycles. The van der Waals surface area contributed by atoms with Gasteiger partial charge in [-0.2, -0.15) is 0 Å². The number of benzene rings is 1. The lowest BCUT2D eigenvalue weighted by molar-refractivity contribution is -0.150. The fourth-order valence-corrected chi connectivity index (χ4v) is 4.15. The Morgan fingerprint density at radius 3 is 2.80 bits per heavy atom. The first-order valence-electron chi connectivity index (χ1n) is 7.98. The number of aryl methyl sites for hydroxylation is 1. The van der Waals surface area contributed by atoms with Gasteiger partial charge in [0.15, 0.2) is 0 Å². The minimum absolute atomic E-state index is 0.0667. The highest BCUT2D eigenvalue weighted by Gasteiger charge is 2.68. The number of esters is 1. The molecular weight excluding hydrogens is 390 g/mol. The molecule has 0 aromatic heterocycles. The van der Waals surface area contributed by atoms with Crippen molar-refractivity contribution in [3.05, 3.63) is 40.4 Å². The number of hydrogen-bond donors (Lipinski definition) is 0. The molecule has 3 aliphatic rings. The van der Waals surface area contributed by atoms with Crippen molar-refractivity contribution in [3.63, 3.8) is 0 Å². The van der Waals surface area contributed by atoms with Gasteiger partial charge in [-0.25, -0.2) is 4.90 Å². The Hall–Kier alpha value is -1.99. The second kappa shape index (κ2) is 5.51. The standard InChI is InChI=1S/C18H16BrNO5/c1-9-7-11(3-4-12(9)19)20-16(22)14-13-5-6-18(25-13,8-24-10(2)21)15(14)17(20)23/h3-7,13-15H,8H2,1-2H3/t13-,14+,15-,18-/m1/s1. The molecule has 3 aliphatic heterocycles. The average molecular weight is 406 g/mol. The molecule has 4 rings (SSSR count). The highest BCUT2D eigenvalue weighted by molar-refractivity contribution is 9.10. The molecule has 2 amide bonds. The number of carbonyl (C=O) groups excluding carboxylic acids is 3. The minimum Gasteiger partial charge on any atom is -0.462 e. The molecule has 0 spiro atoms. The summed E-state index contributed by atoms with van der Waals surface area (Å²) in [6.07, 6.45) is 3.08. The number of hydrogen-bond acceptors (Lipinski definition) is 5. The summed E-state index contributed by atoms with van der Waals surface area (Å²) >= 11 is 3.42. The number of carbonyl (C=O) groups is 3. The third-order valence-electron chi connectivity index (χ3n) is 5.06. The molecule has 4 atom stereocenters. The van der Waals surface area contributed by atoms with Crippen LogP contribution in [-0.4, -0.2) is 36.1 Å². The molecule has 2 saturated heterocycles. The summed E-state index contributed by atoms with van der Waals surface area (Å²) in [6, 6.07) is 5.36. The number of nitrogens with zero attached hydrogens (tertiary/aromatic N) is 1. The Bertz CT molecular complexity index is 835. The number of imide groups is 1. The summed E-state index contributed by atoms with van der Waals surface area (Å²) in [6.45, 7) is 3.14. The van der Waals surface area contributed by atoms with Crippen LogP contribution in [0.25, 0.3) is 0 Å². The molecule has 1 aromatic carbocycles. The Balaban J connectivity index is 1.70. The zero-order valence-electron chi connectivity index (χ0n) is 13.7. The van der Waals surface area contributed by atoms with Gasteiger partial charge in [0.25, 0.3) is 0 Å². The van der Waals surface area contributed by atoms with E-state index in [-0.39, 0.29) is 18.4 Å². The monoisotopic (exact) mass is 405 g/mol. The Morgan fingerprint density at radius 2 is 2.12 bits per heavy atom. The van der Waals surface area contributed by atoms with E-state index in [9.17, 15) is 14.4 Å². The molecule has 3 heterocycles. The maximum Gasteiger partial charge on any atom is 0.302 e. The minimum atomic E-state index is -1.05. The van der Waals surface area contributed by atoms with Gasteiger partial charge in [-0.1, -0.05) is 22.0 Å². The molecule has 6 nitrogen and oxygen atoms in total. The SMILES string of the molecule is CC(=O)OC[C@@]12C=C[C@@H](O1)[C@@H]1C(=O)N(c3ccc(Br)c(C)c3)C(=O)[C@@H]12. The van der Waals surface area contributed by atoms with E-state index in [1.807, 2.05) is 13.0 Å². The summed E-state index contributed by atoms with van der Waals surface area (Å²) in [7, 11) is 0. The van der Waals surface area contributed by atoms with Gasteiger partial charge in [0, 0.05) is 11.4 Å². The second-order valence-corrected chi connectivity index (χ2v) is 7.48. The smallest absolute Gasteiger partial charge is 0.302 e. The molecule has 2 bridgehead atoms. The molecule has 0 aliphatic carbocycles. The summed E-state index contributed by atoms with van der Waals surface area (Å²) in [5, 5.41) is 0. The predicted molar refractivity (Wildman–Crippen MR) is 91.7 cm³/mol. The normalized spacial score (nSPS) is 32.4. The van der Waals surface area contributed by atoms with Crippen LogP contribution in [0.5, 0.6) is 0 Å². The van der Waals surface area contributed by atoms with Crippen LogP contribution in [-0.2, 0) is 23.9 Å². The predicted octanol–water partition coefficient (Wildman–Crippen LogP) is 2.13. The molecule has 0 N–H and O–H groups in total. The van der Waals surface area contributed by atoms with Gasteiger partial charge < -0.3 is 9.47 Å². The van der Waals surface area contributed by atoms with Crippen LogP contribution in [0.1, 0.15) is 12.5 Å². The Kier molecular flexibility index (Phi) is 3.63. The third kappa shape index (κ3) is 2.29. The average Bonchev–Trinajstić information content (AvgIpc) is 3.20. The topological polar surface area (TPSA) is 72.9 Å². The van der Waals surface area contributed by atoms with Crippen molar-refractivity contribution < 1.29 is 23.9 Å². The van der Waals surface area contributed by atoms with Gasteiger partial charge in [-0.3, -0.25) is 14.4 Å². The van der Waals surface area contributed by atoms with Crippen LogP contribution in [0.15, 0.2) is 34.8 Å². The molecule has 1 aromatic rings. The lowest BCUT2D eigenvalue weighted by Crippen LogP contribution is -2.44. The maximum absolute atomic E-state index is 13.1. The van der Waals surface area contributed by atoms with Crippen LogP contribution in [0, 0.1) is 18.8 Å². The lowest BCUT2D eigenvalue weighted by atomic mass is 9.77. The van der Waals surface area contributed by atoms with Crippen LogP contribution in [0.4, 0.5) is 5.69 Å². The van der Waals surface area contributed by atoms with Crippen LogP contribution in [0.2, 0.25) is 0 Å². The van der Waals surface area contributed by atoms with E-state index in [1.165, 1.54) is 11.8 Å². The van der Waals surface area contributed by atoms with E-state index in [1.54, 1.807) is 24.3 Å². The van der Waals surface area contributed by atoms with Crippen molar-refractivity contribution in [2.75, 3.05) is 11.5 Å². The number of amides is 2. The van der Waals surface area contributed by atoms with Crippen molar-refractivity contribution in [3.8, 4) is 0 Å². The van der Waals surface area contributed by atoms with E-state index >= 15 is 0 Å². The maximum atomic E-state index is 13.1.